The van der Waals surface area contributed by atoms with Crippen molar-refractivity contribution in [2.75, 3.05) is 0 Å². The number of aromatic amines is 1. The fourth-order valence-electron chi connectivity index (χ4n) is 0.748. The van der Waals surface area contributed by atoms with Crippen LogP contribution in [-0.2, 0) is 4.79 Å². The molecule has 1 aromatic heterocycles. The Kier molecular flexibility index (Phi) is 2.11. The van der Waals surface area contributed by atoms with Gasteiger partial charge in [-0.3, -0.25) is 4.79 Å². The number of rotatable bonds is 2. The zero-order valence-corrected chi connectivity index (χ0v) is 6.29. The van der Waals surface area contributed by atoms with E-state index in [-0.39, 0.29) is 5.91 Å². The molecule has 0 aliphatic rings. The largest absolute Gasteiger partial charge is 0.367 e. The standard InChI is InChI=1S/C8H10N2O/c1-6(8(9)11)4-7-2-3-10-5-7/h2-5,10H,1H3,(H2,9,11). The summed E-state index contributed by atoms with van der Waals surface area (Å²) in [6.45, 7) is 1.69. The molecule has 0 saturated heterocycles. The Morgan fingerprint density at radius 1 is 1.73 bits per heavy atom. The van der Waals surface area contributed by atoms with Crippen molar-refractivity contribution in [1.82, 2.24) is 4.98 Å². The summed E-state index contributed by atoms with van der Waals surface area (Å²) < 4.78 is 0. The van der Waals surface area contributed by atoms with Gasteiger partial charge in [0.1, 0.15) is 0 Å². The molecule has 3 nitrogen and oxygen atoms in total. The third kappa shape index (κ3) is 1.97. The first-order valence-electron chi connectivity index (χ1n) is 3.31. The molecule has 1 amide bonds. The van der Waals surface area contributed by atoms with Gasteiger partial charge in [-0.25, -0.2) is 0 Å². The fourth-order valence-corrected chi connectivity index (χ4v) is 0.748. The number of nitrogens with two attached hydrogens (primary N) is 1. The van der Waals surface area contributed by atoms with Crippen LogP contribution < -0.4 is 5.73 Å². The minimum absolute atomic E-state index is 0.383. The summed E-state index contributed by atoms with van der Waals surface area (Å²) in [5.74, 6) is -0.383. The highest BCUT2D eigenvalue weighted by molar-refractivity contribution is 5.95. The van der Waals surface area contributed by atoms with Crippen LogP contribution in [0.3, 0.4) is 0 Å². The maximum atomic E-state index is 10.6. The lowest BCUT2D eigenvalue weighted by Gasteiger charge is -1.90. The Balaban J connectivity index is 2.82. The molecule has 1 heterocycles. The lowest BCUT2D eigenvalue weighted by atomic mass is 10.2. The first-order valence-corrected chi connectivity index (χ1v) is 3.31. The van der Waals surface area contributed by atoms with Crippen LogP contribution in [-0.4, -0.2) is 10.9 Å². The summed E-state index contributed by atoms with van der Waals surface area (Å²) in [5, 5.41) is 0. The molecule has 0 spiro atoms. The van der Waals surface area contributed by atoms with Crippen molar-refractivity contribution in [1.29, 1.82) is 0 Å². The highest BCUT2D eigenvalue weighted by Gasteiger charge is 1.96. The van der Waals surface area contributed by atoms with Gasteiger partial charge in [-0.15, -0.1) is 0 Å². The maximum Gasteiger partial charge on any atom is 0.244 e. The SMILES string of the molecule is CC(=Cc1cc[nH]c1)C(N)=O. The van der Waals surface area contributed by atoms with Crippen molar-refractivity contribution < 1.29 is 4.79 Å². The Morgan fingerprint density at radius 3 is 2.91 bits per heavy atom. The summed E-state index contributed by atoms with van der Waals surface area (Å²) in [4.78, 5) is 13.4. The van der Waals surface area contributed by atoms with Crippen LogP contribution >= 0.6 is 0 Å². The number of carbonyl (C=O) groups is 1. The lowest BCUT2D eigenvalue weighted by Crippen LogP contribution is -2.11. The molecule has 0 aliphatic heterocycles. The molecule has 11 heavy (non-hydrogen) atoms. The van der Waals surface area contributed by atoms with Gasteiger partial charge >= 0.3 is 0 Å². The topological polar surface area (TPSA) is 58.9 Å². The van der Waals surface area contributed by atoms with Gasteiger partial charge in [0.15, 0.2) is 0 Å². The van der Waals surface area contributed by atoms with E-state index in [0.717, 1.165) is 5.56 Å². The average Bonchev–Trinajstić information content (AvgIpc) is 2.39. The Bertz CT molecular complexity index is 272. The number of nitrogens with one attached hydrogen (secondary N) is 1. The summed E-state index contributed by atoms with van der Waals surface area (Å²) in [7, 11) is 0. The number of primary amides is 1. The second-order valence-electron chi connectivity index (χ2n) is 2.34. The van der Waals surface area contributed by atoms with Crippen LogP contribution in [0.4, 0.5) is 0 Å². The summed E-state index contributed by atoms with van der Waals surface area (Å²) in [6.07, 6.45) is 5.32. The average molecular weight is 150 g/mol. The molecule has 3 N–H and O–H groups in total. The molecule has 0 aromatic carbocycles. The fraction of sp³-hybridized carbons (Fsp3) is 0.125. The molecule has 0 unspecified atom stereocenters. The van der Waals surface area contributed by atoms with E-state index in [1.165, 1.54) is 0 Å². The maximum absolute atomic E-state index is 10.6. The van der Waals surface area contributed by atoms with Crippen molar-refractivity contribution in [2.24, 2.45) is 5.73 Å². The van der Waals surface area contributed by atoms with Crippen LogP contribution in [0.25, 0.3) is 6.08 Å². The van der Waals surface area contributed by atoms with Crippen LogP contribution in [0, 0.1) is 0 Å². The summed E-state index contributed by atoms with van der Waals surface area (Å²) in [6, 6.07) is 1.87. The van der Waals surface area contributed by atoms with Gasteiger partial charge in [0.2, 0.25) is 5.91 Å². The van der Waals surface area contributed by atoms with Gasteiger partial charge in [-0.05, 0) is 24.6 Å². The molecule has 3 heteroatoms. The molecule has 58 valence electrons. The molecule has 0 fully saturated rings. The molecule has 0 radical (unpaired) electrons. The zero-order chi connectivity index (χ0) is 8.27. The minimum Gasteiger partial charge on any atom is -0.367 e. The zero-order valence-electron chi connectivity index (χ0n) is 6.29. The molecule has 0 atom stereocenters. The van der Waals surface area contributed by atoms with E-state index in [4.69, 9.17) is 5.73 Å². The minimum atomic E-state index is -0.383. The highest BCUT2D eigenvalue weighted by atomic mass is 16.1. The first kappa shape index (κ1) is 7.60. The van der Waals surface area contributed by atoms with Crippen molar-refractivity contribution in [3.05, 3.63) is 29.6 Å². The third-order valence-corrected chi connectivity index (χ3v) is 1.39. The van der Waals surface area contributed by atoms with Gasteiger partial charge in [-0.2, -0.15) is 0 Å². The van der Waals surface area contributed by atoms with E-state index < -0.39 is 0 Å². The second kappa shape index (κ2) is 3.05. The number of amides is 1. The van der Waals surface area contributed by atoms with Gasteiger partial charge in [0, 0.05) is 18.0 Å². The number of hydrogen-bond acceptors (Lipinski definition) is 1. The van der Waals surface area contributed by atoms with E-state index in [9.17, 15) is 4.79 Å². The lowest BCUT2D eigenvalue weighted by molar-refractivity contribution is -0.114. The van der Waals surface area contributed by atoms with Crippen LogP contribution in [0.5, 0.6) is 0 Å². The van der Waals surface area contributed by atoms with E-state index in [1.54, 1.807) is 25.4 Å². The van der Waals surface area contributed by atoms with E-state index in [1.807, 2.05) is 6.07 Å². The smallest absolute Gasteiger partial charge is 0.244 e. The van der Waals surface area contributed by atoms with E-state index in [2.05, 4.69) is 4.98 Å². The quantitative estimate of drug-likeness (QED) is 0.604. The highest BCUT2D eigenvalue weighted by Crippen LogP contribution is 2.03. The first-order chi connectivity index (χ1) is 5.20. The summed E-state index contributed by atoms with van der Waals surface area (Å²) in [5.41, 5.74) is 6.55. The van der Waals surface area contributed by atoms with Crippen molar-refractivity contribution in [2.45, 2.75) is 6.92 Å². The molecular formula is C8H10N2O. The summed E-state index contributed by atoms with van der Waals surface area (Å²) >= 11 is 0. The van der Waals surface area contributed by atoms with Gasteiger partial charge in [0.05, 0.1) is 0 Å². The number of H-pyrrole nitrogens is 1. The Labute approximate surface area is 64.9 Å². The predicted octanol–water partition coefficient (Wildman–Crippen LogP) is 0.903. The van der Waals surface area contributed by atoms with Crippen molar-refractivity contribution in [3.63, 3.8) is 0 Å². The third-order valence-electron chi connectivity index (χ3n) is 1.39. The number of aromatic nitrogens is 1. The van der Waals surface area contributed by atoms with Crippen molar-refractivity contribution in [3.8, 4) is 0 Å². The monoisotopic (exact) mass is 150 g/mol. The van der Waals surface area contributed by atoms with Crippen LogP contribution in [0.2, 0.25) is 0 Å². The van der Waals surface area contributed by atoms with Gasteiger partial charge in [-0.1, -0.05) is 0 Å². The molecule has 0 bridgehead atoms. The number of carbonyl (C=O) groups excluding carboxylic acids is 1. The van der Waals surface area contributed by atoms with Crippen molar-refractivity contribution >= 4 is 12.0 Å². The molecule has 1 aromatic rings. The van der Waals surface area contributed by atoms with Crippen LogP contribution in [0.15, 0.2) is 24.0 Å². The molecule has 0 aliphatic carbocycles. The van der Waals surface area contributed by atoms with Gasteiger partial charge < -0.3 is 10.7 Å². The Morgan fingerprint density at radius 2 is 2.45 bits per heavy atom. The molecule has 1 rings (SSSR count). The van der Waals surface area contributed by atoms with Gasteiger partial charge in [0.25, 0.3) is 0 Å². The normalized spacial score (nSPS) is 11.5. The number of hydrogen-bond donors (Lipinski definition) is 2. The Hall–Kier alpha value is -1.51. The van der Waals surface area contributed by atoms with Crippen LogP contribution in [0.1, 0.15) is 12.5 Å². The molecule has 0 saturated carbocycles. The van der Waals surface area contributed by atoms with E-state index >= 15 is 0 Å². The van der Waals surface area contributed by atoms with E-state index in [0.29, 0.717) is 5.57 Å². The second-order valence-corrected chi connectivity index (χ2v) is 2.34. The molecular weight excluding hydrogens is 140 g/mol. The predicted molar refractivity (Wildman–Crippen MR) is 43.6 cm³/mol.